The van der Waals surface area contributed by atoms with Crippen LogP contribution in [0.3, 0.4) is 0 Å². The number of fused-ring (bicyclic) bond motifs is 1. The van der Waals surface area contributed by atoms with Gasteiger partial charge >= 0.3 is 0 Å². The lowest BCUT2D eigenvalue weighted by atomic mass is 10.1. The Morgan fingerprint density at radius 2 is 1.81 bits per heavy atom. The predicted molar refractivity (Wildman–Crippen MR) is 78.9 cm³/mol. The topological polar surface area (TPSA) is 42.4 Å². The maximum atomic E-state index is 13.9. The smallest absolute Gasteiger partial charge is 0.136 e. The van der Waals surface area contributed by atoms with Gasteiger partial charge in [0.15, 0.2) is 0 Å². The van der Waals surface area contributed by atoms with E-state index in [1.165, 1.54) is 13.0 Å². The Bertz CT molecular complexity index is 781. The molecule has 0 amide bonds. The van der Waals surface area contributed by atoms with Gasteiger partial charge < -0.3 is 9.84 Å². The molecule has 3 rings (SSSR count). The van der Waals surface area contributed by atoms with Gasteiger partial charge in [-0.3, -0.25) is 4.98 Å². The molecule has 21 heavy (non-hydrogen) atoms. The molecule has 1 aromatic heterocycles. The molecule has 3 nitrogen and oxygen atoms in total. The van der Waals surface area contributed by atoms with Crippen LogP contribution in [0.4, 0.5) is 4.39 Å². The first-order chi connectivity index (χ1) is 10.2. The number of rotatable bonds is 3. The molecule has 106 valence electrons. The van der Waals surface area contributed by atoms with Gasteiger partial charge in [0.25, 0.3) is 0 Å². The summed E-state index contributed by atoms with van der Waals surface area (Å²) >= 11 is 0. The molecule has 1 atom stereocenters. The minimum Gasteiger partial charge on any atom is -0.456 e. The maximum Gasteiger partial charge on any atom is 0.136 e. The Hall–Kier alpha value is -2.46. The Kier molecular flexibility index (Phi) is 3.54. The van der Waals surface area contributed by atoms with Gasteiger partial charge in [0, 0.05) is 11.6 Å². The molecule has 0 unspecified atom stereocenters. The second-order valence-corrected chi connectivity index (χ2v) is 4.76. The van der Waals surface area contributed by atoms with Crippen molar-refractivity contribution in [2.45, 2.75) is 13.0 Å². The van der Waals surface area contributed by atoms with Gasteiger partial charge in [0.1, 0.15) is 17.3 Å². The summed E-state index contributed by atoms with van der Waals surface area (Å²) in [5.41, 5.74) is 0.948. The molecule has 0 fully saturated rings. The van der Waals surface area contributed by atoms with Gasteiger partial charge in [-0.15, -0.1) is 0 Å². The van der Waals surface area contributed by atoms with E-state index in [4.69, 9.17) is 4.74 Å². The normalized spacial score (nSPS) is 12.3. The van der Waals surface area contributed by atoms with Crippen molar-refractivity contribution in [3.05, 3.63) is 66.1 Å². The zero-order valence-corrected chi connectivity index (χ0v) is 11.5. The quantitative estimate of drug-likeness (QED) is 0.782. The van der Waals surface area contributed by atoms with Crippen LogP contribution in [0.1, 0.15) is 18.6 Å². The maximum absolute atomic E-state index is 13.9. The number of benzene rings is 2. The van der Waals surface area contributed by atoms with Crippen LogP contribution < -0.4 is 4.74 Å². The van der Waals surface area contributed by atoms with Gasteiger partial charge in [-0.25, -0.2) is 4.39 Å². The zero-order chi connectivity index (χ0) is 14.8. The van der Waals surface area contributed by atoms with Crippen LogP contribution in [0.15, 0.2) is 54.7 Å². The number of halogens is 1. The first kappa shape index (κ1) is 13.5. The number of aromatic nitrogens is 1. The van der Waals surface area contributed by atoms with E-state index in [2.05, 4.69) is 4.98 Å². The molecule has 0 aliphatic heterocycles. The minimum absolute atomic E-state index is 0.151. The van der Waals surface area contributed by atoms with Crippen molar-refractivity contribution >= 4 is 10.9 Å². The van der Waals surface area contributed by atoms with Crippen LogP contribution in [0.25, 0.3) is 10.9 Å². The van der Waals surface area contributed by atoms with Gasteiger partial charge in [-0.1, -0.05) is 12.1 Å². The molecule has 1 heterocycles. The highest BCUT2D eigenvalue weighted by atomic mass is 19.1. The highest BCUT2D eigenvalue weighted by Crippen LogP contribution is 2.34. The van der Waals surface area contributed by atoms with Crippen LogP contribution in [0, 0.1) is 5.82 Å². The molecule has 0 bridgehead atoms. The average molecular weight is 283 g/mol. The summed E-state index contributed by atoms with van der Waals surface area (Å²) < 4.78 is 19.7. The third kappa shape index (κ3) is 2.58. The average Bonchev–Trinajstić information content (AvgIpc) is 2.47. The van der Waals surface area contributed by atoms with Gasteiger partial charge in [-0.2, -0.15) is 0 Å². The standard InChI is InChI=1S/C17H14FNO2/c1-11(20)17-13(18)6-2-9-16(17)21-15-8-3-7-14-12(15)5-4-10-19-14/h2-11,20H,1H3/t11-/m0/s1. The van der Waals surface area contributed by atoms with Gasteiger partial charge in [0.2, 0.25) is 0 Å². The van der Waals surface area contributed by atoms with E-state index in [-0.39, 0.29) is 5.56 Å². The first-order valence-corrected chi connectivity index (χ1v) is 6.65. The fraction of sp³-hybridized carbons (Fsp3) is 0.118. The number of hydrogen-bond acceptors (Lipinski definition) is 3. The summed E-state index contributed by atoms with van der Waals surface area (Å²) in [7, 11) is 0. The Morgan fingerprint density at radius 3 is 2.62 bits per heavy atom. The summed E-state index contributed by atoms with van der Waals surface area (Å²) in [6.45, 7) is 1.51. The Balaban J connectivity index is 2.09. The number of ether oxygens (including phenoxy) is 1. The van der Waals surface area contributed by atoms with E-state index in [0.717, 1.165) is 10.9 Å². The molecular formula is C17H14FNO2. The number of aliphatic hydroxyl groups excluding tert-OH is 1. The summed E-state index contributed by atoms with van der Waals surface area (Å²) in [5, 5.41) is 10.6. The van der Waals surface area contributed by atoms with Crippen molar-refractivity contribution in [1.82, 2.24) is 4.98 Å². The largest absolute Gasteiger partial charge is 0.456 e. The molecule has 0 radical (unpaired) electrons. The molecule has 0 spiro atoms. The molecule has 2 aromatic carbocycles. The van der Waals surface area contributed by atoms with Crippen LogP contribution in [0.2, 0.25) is 0 Å². The van der Waals surface area contributed by atoms with Crippen LogP contribution >= 0.6 is 0 Å². The molecule has 0 saturated heterocycles. The fourth-order valence-corrected chi connectivity index (χ4v) is 2.29. The Morgan fingerprint density at radius 1 is 1.05 bits per heavy atom. The lowest BCUT2D eigenvalue weighted by Gasteiger charge is -2.15. The van der Waals surface area contributed by atoms with Gasteiger partial charge in [-0.05, 0) is 43.3 Å². The lowest BCUT2D eigenvalue weighted by molar-refractivity contribution is 0.190. The molecule has 0 aliphatic carbocycles. The number of hydrogen-bond donors (Lipinski definition) is 1. The Labute approximate surface area is 121 Å². The van der Waals surface area contributed by atoms with Crippen molar-refractivity contribution in [2.75, 3.05) is 0 Å². The highest BCUT2D eigenvalue weighted by molar-refractivity contribution is 5.85. The van der Waals surface area contributed by atoms with Crippen molar-refractivity contribution in [1.29, 1.82) is 0 Å². The van der Waals surface area contributed by atoms with Crippen molar-refractivity contribution in [3.63, 3.8) is 0 Å². The molecular weight excluding hydrogens is 269 g/mol. The summed E-state index contributed by atoms with van der Waals surface area (Å²) in [5.74, 6) is 0.398. The number of pyridine rings is 1. The van der Waals surface area contributed by atoms with E-state index in [9.17, 15) is 9.50 Å². The first-order valence-electron chi connectivity index (χ1n) is 6.65. The van der Waals surface area contributed by atoms with Crippen LogP contribution in [-0.2, 0) is 0 Å². The highest BCUT2D eigenvalue weighted by Gasteiger charge is 2.16. The fourth-order valence-electron chi connectivity index (χ4n) is 2.29. The van der Waals surface area contributed by atoms with Gasteiger partial charge in [0.05, 0.1) is 17.2 Å². The third-order valence-corrected chi connectivity index (χ3v) is 3.26. The summed E-state index contributed by atoms with van der Waals surface area (Å²) in [4.78, 5) is 4.26. The second kappa shape index (κ2) is 5.50. The second-order valence-electron chi connectivity index (χ2n) is 4.76. The van der Waals surface area contributed by atoms with Crippen LogP contribution in [0.5, 0.6) is 11.5 Å². The van der Waals surface area contributed by atoms with E-state index >= 15 is 0 Å². The van der Waals surface area contributed by atoms with E-state index < -0.39 is 11.9 Å². The van der Waals surface area contributed by atoms with E-state index in [1.54, 1.807) is 24.4 Å². The van der Waals surface area contributed by atoms with Crippen molar-refractivity contribution in [3.8, 4) is 11.5 Å². The molecule has 4 heteroatoms. The van der Waals surface area contributed by atoms with Crippen molar-refractivity contribution < 1.29 is 14.2 Å². The lowest BCUT2D eigenvalue weighted by Crippen LogP contribution is -2.00. The predicted octanol–water partition coefficient (Wildman–Crippen LogP) is 4.22. The third-order valence-electron chi connectivity index (χ3n) is 3.26. The minimum atomic E-state index is -0.950. The monoisotopic (exact) mass is 283 g/mol. The SMILES string of the molecule is C[C@H](O)c1c(F)cccc1Oc1cccc2ncccc12. The van der Waals surface area contributed by atoms with Crippen molar-refractivity contribution in [2.24, 2.45) is 0 Å². The van der Waals surface area contributed by atoms with E-state index in [1.807, 2.05) is 24.3 Å². The summed E-state index contributed by atoms with van der Waals surface area (Å²) in [6.07, 6.45) is 0.754. The number of aliphatic hydroxyl groups is 1. The van der Waals surface area contributed by atoms with E-state index in [0.29, 0.717) is 11.5 Å². The molecule has 3 aromatic rings. The molecule has 1 N–H and O–H groups in total. The zero-order valence-electron chi connectivity index (χ0n) is 11.5. The summed E-state index contributed by atoms with van der Waals surface area (Å²) in [6, 6.07) is 13.7. The number of nitrogens with zero attached hydrogens (tertiary/aromatic N) is 1. The molecule has 0 aliphatic rings. The van der Waals surface area contributed by atoms with Crippen LogP contribution in [-0.4, -0.2) is 10.1 Å². The molecule has 0 saturated carbocycles.